The van der Waals surface area contributed by atoms with Gasteiger partial charge in [0.1, 0.15) is 5.60 Å². The number of rotatable bonds is 2. The smallest absolute Gasteiger partial charge is 0.412 e. The number of nitrogens with one attached hydrogen (secondary N) is 1. The van der Waals surface area contributed by atoms with Crippen molar-refractivity contribution in [3.8, 4) is 0 Å². The molecule has 1 saturated carbocycles. The molecule has 0 bridgehead atoms. The van der Waals surface area contributed by atoms with Crippen molar-refractivity contribution < 1.29 is 24.1 Å². The van der Waals surface area contributed by atoms with Gasteiger partial charge in [0.2, 0.25) is 0 Å². The second-order valence-electron chi connectivity index (χ2n) is 7.85. The predicted octanol–water partition coefficient (Wildman–Crippen LogP) is 3.54. The van der Waals surface area contributed by atoms with E-state index in [1.54, 1.807) is 12.1 Å². The Balaban J connectivity index is 1.68. The van der Waals surface area contributed by atoms with Crippen LogP contribution in [-0.2, 0) is 19.8 Å². The maximum Gasteiger partial charge on any atom is 0.412 e. The second kappa shape index (κ2) is 6.59. The van der Waals surface area contributed by atoms with Crippen molar-refractivity contribution in [2.75, 3.05) is 18.5 Å². The van der Waals surface area contributed by atoms with Gasteiger partial charge in [0.05, 0.1) is 18.8 Å². The lowest BCUT2D eigenvalue weighted by Crippen LogP contribution is -2.42. The third-order valence-corrected chi connectivity index (χ3v) is 4.70. The fourth-order valence-corrected chi connectivity index (χ4v) is 3.43. The van der Waals surface area contributed by atoms with Crippen molar-refractivity contribution >= 4 is 11.8 Å². The number of anilines is 1. The maximum atomic E-state index is 11.9. The number of carbonyl (C=O) groups is 1. The molecular weight excluding hydrogens is 322 g/mol. The van der Waals surface area contributed by atoms with E-state index in [4.69, 9.17) is 14.2 Å². The first-order valence-electron chi connectivity index (χ1n) is 8.81. The summed E-state index contributed by atoms with van der Waals surface area (Å²) < 4.78 is 16.7. The Bertz CT molecular complexity index is 621. The number of ether oxygens (including phenoxy) is 3. The third-order valence-electron chi connectivity index (χ3n) is 4.70. The van der Waals surface area contributed by atoms with Crippen molar-refractivity contribution in [2.24, 2.45) is 0 Å². The molecule has 138 valence electrons. The van der Waals surface area contributed by atoms with Crippen LogP contribution in [0.5, 0.6) is 0 Å². The summed E-state index contributed by atoms with van der Waals surface area (Å²) in [6, 6.07) is 7.30. The standard InChI is InChI=1S/C19H27NO5/c1-17(2,3)25-16(21)20-15-6-4-5-14(13-15)18(22)7-9-19(10-8-18)23-11-12-24-19/h4-6,13,22H,7-12H2,1-3H3,(H,20,21). The van der Waals surface area contributed by atoms with Crippen molar-refractivity contribution in [2.45, 2.75) is 63.4 Å². The van der Waals surface area contributed by atoms with Crippen LogP contribution in [0.3, 0.4) is 0 Å². The van der Waals surface area contributed by atoms with E-state index in [1.165, 1.54) is 0 Å². The lowest BCUT2D eigenvalue weighted by molar-refractivity contribution is -0.204. The summed E-state index contributed by atoms with van der Waals surface area (Å²) in [6.45, 7) is 6.69. The largest absolute Gasteiger partial charge is 0.444 e. The predicted molar refractivity (Wildman–Crippen MR) is 93.3 cm³/mol. The number of hydrogen-bond acceptors (Lipinski definition) is 5. The zero-order valence-electron chi connectivity index (χ0n) is 15.1. The molecule has 2 aliphatic rings. The molecule has 6 nitrogen and oxygen atoms in total. The van der Waals surface area contributed by atoms with Crippen LogP contribution in [-0.4, -0.2) is 35.8 Å². The van der Waals surface area contributed by atoms with Gasteiger partial charge < -0.3 is 19.3 Å². The van der Waals surface area contributed by atoms with Crippen LogP contribution in [0.2, 0.25) is 0 Å². The summed E-state index contributed by atoms with van der Waals surface area (Å²) in [6.07, 6.45) is 1.93. The van der Waals surface area contributed by atoms with Gasteiger partial charge in [0.15, 0.2) is 5.79 Å². The first kappa shape index (κ1) is 18.2. The number of amides is 1. The van der Waals surface area contributed by atoms with Gasteiger partial charge in [-0.1, -0.05) is 12.1 Å². The molecule has 1 spiro atoms. The van der Waals surface area contributed by atoms with Crippen LogP contribution in [0, 0.1) is 0 Å². The zero-order valence-corrected chi connectivity index (χ0v) is 15.1. The molecule has 6 heteroatoms. The molecule has 2 N–H and O–H groups in total. The summed E-state index contributed by atoms with van der Waals surface area (Å²) in [5.41, 5.74) is -0.104. The second-order valence-corrected chi connectivity index (χ2v) is 7.85. The third kappa shape index (κ3) is 4.32. The molecule has 3 rings (SSSR count). The van der Waals surface area contributed by atoms with Crippen LogP contribution in [0.1, 0.15) is 52.0 Å². The molecule has 0 atom stereocenters. The average Bonchev–Trinajstić information content (AvgIpc) is 2.98. The van der Waals surface area contributed by atoms with Gasteiger partial charge in [-0.15, -0.1) is 0 Å². The first-order valence-corrected chi connectivity index (χ1v) is 8.81. The van der Waals surface area contributed by atoms with Crippen LogP contribution < -0.4 is 5.32 Å². The minimum absolute atomic E-state index is 0.507. The molecule has 1 saturated heterocycles. The maximum absolute atomic E-state index is 11.9. The van der Waals surface area contributed by atoms with Gasteiger partial charge in [-0.25, -0.2) is 4.79 Å². The molecule has 1 aromatic carbocycles. The van der Waals surface area contributed by atoms with Crippen molar-refractivity contribution in [1.82, 2.24) is 0 Å². The van der Waals surface area contributed by atoms with E-state index in [9.17, 15) is 9.90 Å². The van der Waals surface area contributed by atoms with Crippen molar-refractivity contribution in [3.63, 3.8) is 0 Å². The summed E-state index contributed by atoms with van der Waals surface area (Å²) in [4.78, 5) is 11.9. The Labute approximate surface area is 148 Å². The highest BCUT2D eigenvalue weighted by atomic mass is 16.7. The molecule has 1 aliphatic carbocycles. The molecule has 0 unspecified atom stereocenters. The highest BCUT2D eigenvalue weighted by Crippen LogP contribution is 2.45. The van der Waals surface area contributed by atoms with Gasteiger partial charge in [0.25, 0.3) is 0 Å². The van der Waals surface area contributed by atoms with E-state index < -0.39 is 23.1 Å². The van der Waals surface area contributed by atoms with E-state index in [-0.39, 0.29) is 0 Å². The Morgan fingerprint density at radius 2 is 1.80 bits per heavy atom. The van der Waals surface area contributed by atoms with E-state index in [2.05, 4.69) is 5.32 Å². The van der Waals surface area contributed by atoms with E-state index in [1.807, 2.05) is 32.9 Å². The molecule has 1 aromatic rings. The van der Waals surface area contributed by atoms with Gasteiger partial charge in [0, 0.05) is 18.5 Å². The average molecular weight is 349 g/mol. The topological polar surface area (TPSA) is 77.0 Å². The molecule has 1 heterocycles. The van der Waals surface area contributed by atoms with Crippen LogP contribution in [0.15, 0.2) is 24.3 Å². The monoisotopic (exact) mass is 349 g/mol. The number of carbonyl (C=O) groups excluding carboxylic acids is 1. The van der Waals surface area contributed by atoms with Gasteiger partial charge in [-0.2, -0.15) is 0 Å². The van der Waals surface area contributed by atoms with E-state index in [0.29, 0.717) is 44.6 Å². The zero-order chi connectivity index (χ0) is 18.1. The number of benzene rings is 1. The number of aliphatic hydroxyl groups is 1. The Morgan fingerprint density at radius 3 is 2.40 bits per heavy atom. The van der Waals surface area contributed by atoms with Crippen LogP contribution in [0.25, 0.3) is 0 Å². The lowest BCUT2D eigenvalue weighted by atomic mass is 9.77. The summed E-state index contributed by atoms with van der Waals surface area (Å²) in [7, 11) is 0. The molecule has 1 amide bonds. The minimum atomic E-state index is -0.938. The van der Waals surface area contributed by atoms with Crippen molar-refractivity contribution in [1.29, 1.82) is 0 Å². The van der Waals surface area contributed by atoms with E-state index in [0.717, 1.165) is 5.56 Å². The summed E-state index contributed by atoms with van der Waals surface area (Å²) in [5, 5.41) is 13.8. The quantitative estimate of drug-likeness (QED) is 0.854. The Morgan fingerprint density at radius 1 is 1.16 bits per heavy atom. The lowest BCUT2D eigenvalue weighted by Gasteiger charge is -2.40. The first-order chi connectivity index (χ1) is 11.7. The van der Waals surface area contributed by atoms with Crippen LogP contribution >= 0.6 is 0 Å². The molecular formula is C19H27NO5. The van der Waals surface area contributed by atoms with Gasteiger partial charge in [-0.3, -0.25) is 5.32 Å². The Kier molecular flexibility index (Phi) is 4.79. The molecule has 0 radical (unpaired) electrons. The molecule has 2 fully saturated rings. The van der Waals surface area contributed by atoms with Gasteiger partial charge in [-0.05, 0) is 51.3 Å². The summed E-state index contributed by atoms with van der Waals surface area (Å²) in [5.74, 6) is -0.515. The summed E-state index contributed by atoms with van der Waals surface area (Å²) >= 11 is 0. The number of hydrogen-bond donors (Lipinski definition) is 2. The molecule has 1 aliphatic heterocycles. The van der Waals surface area contributed by atoms with Gasteiger partial charge >= 0.3 is 6.09 Å². The van der Waals surface area contributed by atoms with Crippen LogP contribution in [0.4, 0.5) is 10.5 Å². The highest BCUT2D eigenvalue weighted by molar-refractivity contribution is 5.85. The normalized spacial score (nSPS) is 21.9. The fourth-order valence-electron chi connectivity index (χ4n) is 3.43. The van der Waals surface area contributed by atoms with Crippen molar-refractivity contribution in [3.05, 3.63) is 29.8 Å². The SMILES string of the molecule is CC(C)(C)OC(=O)Nc1cccc(C2(O)CCC3(CC2)OCCO3)c1. The minimum Gasteiger partial charge on any atom is -0.444 e. The van der Waals surface area contributed by atoms with E-state index >= 15 is 0 Å². The molecule has 25 heavy (non-hydrogen) atoms. The fraction of sp³-hybridized carbons (Fsp3) is 0.632. The highest BCUT2D eigenvalue weighted by Gasteiger charge is 2.46. The molecule has 0 aromatic heterocycles. The Hall–Kier alpha value is -1.63.